The molecule has 2 aliphatic heterocycles. The van der Waals surface area contributed by atoms with Crippen molar-refractivity contribution in [3.05, 3.63) is 70.5 Å². The normalized spacial score (nSPS) is 15.3. The molecule has 0 fully saturated rings. The minimum absolute atomic E-state index is 0.0772. The highest BCUT2D eigenvalue weighted by atomic mass is 79.9. The third-order valence-electron chi connectivity index (χ3n) is 5.15. The average Bonchev–Trinajstić information content (AvgIpc) is 2.99. The molecule has 2 heterocycles. The smallest absolute Gasteiger partial charge is 0.340 e. The number of hydrogen-bond acceptors (Lipinski definition) is 6. The van der Waals surface area contributed by atoms with Gasteiger partial charge in [-0.25, -0.2) is 4.79 Å². The van der Waals surface area contributed by atoms with Crippen LogP contribution in [0.2, 0.25) is 0 Å². The summed E-state index contributed by atoms with van der Waals surface area (Å²) in [6.07, 6.45) is 0. The molecule has 3 aromatic carbocycles. The summed E-state index contributed by atoms with van der Waals surface area (Å²) in [6.45, 7) is 0. The minimum Gasteiger partial charge on any atom is -0.505 e. The van der Waals surface area contributed by atoms with Gasteiger partial charge in [-0.1, -0.05) is 6.07 Å². The second kappa shape index (κ2) is 6.62. The fourth-order valence-electron chi connectivity index (χ4n) is 3.84. The summed E-state index contributed by atoms with van der Waals surface area (Å²) in [5.74, 6) is -0.193. The fraction of sp³-hybridized carbons (Fsp3) is 0.0500. The van der Waals surface area contributed by atoms with Crippen LogP contribution in [0.5, 0.6) is 23.0 Å². The van der Waals surface area contributed by atoms with Crippen LogP contribution in [0.3, 0.4) is 0 Å². The highest BCUT2D eigenvalue weighted by Gasteiger charge is 2.55. The molecule has 0 aliphatic carbocycles. The number of rotatable bonds is 0. The Labute approximate surface area is 203 Å². The van der Waals surface area contributed by atoms with E-state index in [0.717, 1.165) is 0 Å². The molecular weight excluding hydrogens is 654 g/mol. The number of phenols is 2. The van der Waals surface area contributed by atoms with Gasteiger partial charge in [0.25, 0.3) is 0 Å². The van der Waals surface area contributed by atoms with Gasteiger partial charge in [-0.2, -0.15) is 0 Å². The van der Waals surface area contributed by atoms with Crippen LogP contribution in [0.4, 0.5) is 5.69 Å². The lowest BCUT2D eigenvalue weighted by molar-refractivity contribution is 0.0222. The molecule has 0 radical (unpaired) electrons. The van der Waals surface area contributed by atoms with Gasteiger partial charge in [0.1, 0.15) is 20.4 Å². The van der Waals surface area contributed by atoms with Gasteiger partial charge in [0.2, 0.25) is 0 Å². The second-order valence-corrected chi connectivity index (χ2v) is 10.1. The van der Waals surface area contributed by atoms with E-state index in [-0.39, 0.29) is 31.9 Å². The standard InChI is InChI=1S/C20H9Br4NO5/c21-11-4-9-17(13(23)15(11)26)29-18-10(5-12(22)16(27)14(18)24)20(9)8-2-1-6(25)3-7(8)19(28)30-20/h1-5,26-27H,25H2. The molecule has 0 atom stereocenters. The lowest BCUT2D eigenvalue weighted by Gasteiger charge is -2.37. The molecule has 0 saturated carbocycles. The van der Waals surface area contributed by atoms with Crippen molar-refractivity contribution in [1.82, 2.24) is 0 Å². The SMILES string of the molecule is Nc1ccc2c(c1)C(=O)OC21c2cc(Br)c(O)c(Br)c2Oc2c1cc(Br)c(O)c2Br. The number of anilines is 1. The van der Waals surface area contributed by atoms with Crippen molar-refractivity contribution in [2.75, 3.05) is 5.73 Å². The van der Waals surface area contributed by atoms with E-state index in [1.165, 1.54) is 0 Å². The molecule has 0 unspecified atom stereocenters. The predicted octanol–water partition coefficient (Wildman–Crippen LogP) is 6.30. The maximum atomic E-state index is 12.9. The van der Waals surface area contributed by atoms with Crippen LogP contribution in [-0.2, 0) is 10.3 Å². The third kappa shape index (κ3) is 2.47. The number of ether oxygens (including phenoxy) is 2. The van der Waals surface area contributed by atoms with Crippen LogP contribution >= 0.6 is 63.7 Å². The minimum atomic E-state index is -1.39. The van der Waals surface area contributed by atoms with E-state index in [4.69, 9.17) is 15.2 Å². The number of carbonyl (C=O) groups excluding carboxylic acids is 1. The monoisotopic (exact) mass is 659 g/mol. The number of carbonyl (C=O) groups is 1. The van der Waals surface area contributed by atoms with Gasteiger partial charge in [-0.3, -0.25) is 0 Å². The lowest BCUT2D eigenvalue weighted by Crippen LogP contribution is -2.33. The summed E-state index contributed by atoms with van der Waals surface area (Å²) in [5, 5.41) is 20.9. The van der Waals surface area contributed by atoms with Gasteiger partial charge < -0.3 is 25.4 Å². The van der Waals surface area contributed by atoms with Crippen molar-refractivity contribution in [2.45, 2.75) is 5.60 Å². The fourth-order valence-corrected chi connectivity index (χ4v) is 6.24. The molecule has 10 heteroatoms. The van der Waals surface area contributed by atoms with Crippen molar-refractivity contribution >= 4 is 75.4 Å². The molecule has 1 spiro atoms. The highest BCUT2D eigenvalue weighted by Crippen LogP contribution is 2.62. The molecule has 0 bridgehead atoms. The van der Waals surface area contributed by atoms with Crippen LogP contribution < -0.4 is 10.5 Å². The zero-order chi connectivity index (χ0) is 21.5. The van der Waals surface area contributed by atoms with Gasteiger partial charge in [-0.05, 0) is 88.0 Å². The Morgan fingerprint density at radius 1 is 0.833 bits per heavy atom. The van der Waals surface area contributed by atoms with Gasteiger partial charge in [0.15, 0.2) is 17.1 Å². The van der Waals surface area contributed by atoms with Crippen LogP contribution in [0.25, 0.3) is 0 Å². The van der Waals surface area contributed by atoms with Crippen molar-refractivity contribution < 1.29 is 24.5 Å². The van der Waals surface area contributed by atoms with Crippen molar-refractivity contribution in [2.24, 2.45) is 0 Å². The number of fused-ring (bicyclic) bond motifs is 6. The Morgan fingerprint density at radius 2 is 1.37 bits per heavy atom. The number of nitrogen functional groups attached to an aromatic ring is 1. The highest BCUT2D eigenvalue weighted by molar-refractivity contribution is 9.11. The van der Waals surface area contributed by atoms with Crippen LogP contribution in [0.15, 0.2) is 48.2 Å². The summed E-state index contributed by atoms with van der Waals surface area (Å²) in [7, 11) is 0. The maximum Gasteiger partial charge on any atom is 0.340 e. The molecule has 4 N–H and O–H groups in total. The topological polar surface area (TPSA) is 102 Å². The first kappa shape index (κ1) is 20.2. The Morgan fingerprint density at radius 3 is 1.90 bits per heavy atom. The lowest BCUT2D eigenvalue weighted by atomic mass is 9.77. The van der Waals surface area contributed by atoms with Crippen molar-refractivity contribution in [3.8, 4) is 23.0 Å². The first-order valence-corrected chi connectivity index (χ1v) is 11.6. The molecule has 3 aromatic rings. The number of phenolic OH excluding ortho intramolecular Hbond substituents is 2. The predicted molar refractivity (Wildman–Crippen MR) is 123 cm³/mol. The number of esters is 1. The summed E-state index contributed by atoms with van der Waals surface area (Å²) in [4.78, 5) is 12.9. The van der Waals surface area contributed by atoms with Crippen LogP contribution in [-0.4, -0.2) is 16.2 Å². The first-order chi connectivity index (χ1) is 14.2. The van der Waals surface area contributed by atoms with E-state index < -0.39 is 11.6 Å². The molecule has 30 heavy (non-hydrogen) atoms. The Kier molecular flexibility index (Phi) is 4.45. The van der Waals surface area contributed by atoms with E-state index in [0.29, 0.717) is 36.9 Å². The van der Waals surface area contributed by atoms with Gasteiger partial charge >= 0.3 is 5.97 Å². The molecule has 152 valence electrons. The first-order valence-electron chi connectivity index (χ1n) is 8.41. The van der Waals surface area contributed by atoms with Gasteiger partial charge in [0, 0.05) is 11.3 Å². The van der Waals surface area contributed by atoms with E-state index in [1.807, 2.05) is 0 Å². The number of nitrogens with two attached hydrogens (primary N) is 1. The summed E-state index contributed by atoms with van der Waals surface area (Å²) in [6, 6.07) is 8.28. The van der Waals surface area contributed by atoms with E-state index >= 15 is 0 Å². The Hall–Kier alpha value is -1.75. The molecule has 0 amide bonds. The second-order valence-electron chi connectivity index (χ2n) is 6.77. The van der Waals surface area contributed by atoms with E-state index in [2.05, 4.69) is 63.7 Å². The van der Waals surface area contributed by atoms with E-state index in [1.54, 1.807) is 30.3 Å². The zero-order valence-corrected chi connectivity index (χ0v) is 20.9. The van der Waals surface area contributed by atoms with Gasteiger partial charge in [-0.15, -0.1) is 0 Å². The Bertz CT molecular complexity index is 1240. The number of benzene rings is 3. The Balaban J connectivity index is 1.98. The molecule has 0 saturated heterocycles. The number of aromatic hydroxyl groups is 2. The maximum absolute atomic E-state index is 12.9. The molecule has 0 aromatic heterocycles. The van der Waals surface area contributed by atoms with E-state index in [9.17, 15) is 15.0 Å². The molecule has 6 nitrogen and oxygen atoms in total. The quantitative estimate of drug-likeness (QED) is 0.193. The third-order valence-corrected chi connectivity index (χ3v) is 7.83. The van der Waals surface area contributed by atoms with Gasteiger partial charge in [0.05, 0.1) is 25.6 Å². The summed E-state index contributed by atoms with van der Waals surface area (Å²) in [5.41, 5.74) is 6.83. The summed E-state index contributed by atoms with van der Waals surface area (Å²) >= 11 is 13.4. The van der Waals surface area contributed by atoms with Crippen molar-refractivity contribution in [3.63, 3.8) is 0 Å². The molecule has 2 aliphatic rings. The largest absolute Gasteiger partial charge is 0.505 e. The van der Waals surface area contributed by atoms with Crippen molar-refractivity contribution in [1.29, 1.82) is 0 Å². The number of hydrogen-bond donors (Lipinski definition) is 3. The van der Waals surface area contributed by atoms with Crippen LogP contribution in [0, 0.1) is 0 Å². The molecule has 5 rings (SSSR count). The average molecular weight is 663 g/mol. The van der Waals surface area contributed by atoms with Crippen LogP contribution in [0.1, 0.15) is 27.0 Å². The zero-order valence-electron chi connectivity index (χ0n) is 14.6. The molecular formula is C20H9Br4NO5. The summed E-state index contributed by atoms with van der Waals surface area (Å²) < 4.78 is 13.5. The number of halogens is 4.